The minimum atomic E-state index is -0.366. The van der Waals surface area contributed by atoms with E-state index >= 15 is 0 Å². The minimum Gasteiger partial charge on any atom is -0.339 e. The fourth-order valence-electron chi connectivity index (χ4n) is 3.92. The summed E-state index contributed by atoms with van der Waals surface area (Å²) in [5, 5.41) is 6.35. The van der Waals surface area contributed by atoms with Gasteiger partial charge in [0.1, 0.15) is 11.6 Å². The van der Waals surface area contributed by atoms with Gasteiger partial charge in [-0.25, -0.2) is 18.4 Å². The maximum Gasteiger partial charge on any atom is 0.293 e. The van der Waals surface area contributed by atoms with E-state index in [4.69, 9.17) is 0 Å². The number of hydrogen-bond donors (Lipinski definition) is 0. The van der Waals surface area contributed by atoms with Gasteiger partial charge in [0.25, 0.3) is 5.91 Å². The summed E-state index contributed by atoms with van der Waals surface area (Å²) in [5.41, 5.74) is 1.34. The maximum absolute atomic E-state index is 13.4. The third-order valence-corrected chi connectivity index (χ3v) is 6.67. The lowest BCUT2D eigenvalue weighted by atomic mass is 10.1. The van der Waals surface area contributed by atoms with E-state index in [-0.39, 0.29) is 35.7 Å². The number of carbonyl (C=O) groups excluding carboxylic acids is 2. The average Bonchev–Trinajstić information content (AvgIpc) is 3.56. The molecule has 3 heterocycles. The van der Waals surface area contributed by atoms with E-state index < -0.39 is 0 Å². The number of nitrogens with zero attached hydrogens (tertiary/aromatic N) is 5. The van der Waals surface area contributed by atoms with E-state index in [2.05, 4.69) is 10.1 Å². The molecule has 5 rings (SSSR count). The van der Waals surface area contributed by atoms with Crippen LogP contribution < -0.4 is 0 Å². The maximum atomic E-state index is 13.4. The predicted octanol–water partition coefficient (Wildman–Crippen LogP) is 3.80. The number of hydrogen-bond acceptors (Lipinski definition) is 5. The van der Waals surface area contributed by atoms with E-state index in [0.29, 0.717) is 37.7 Å². The Morgan fingerprint density at radius 2 is 1.49 bits per heavy atom. The van der Waals surface area contributed by atoms with Crippen molar-refractivity contribution in [3.8, 4) is 16.4 Å². The van der Waals surface area contributed by atoms with Gasteiger partial charge in [0.2, 0.25) is 11.7 Å². The molecule has 2 amide bonds. The van der Waals surface area contributed by atoms with Crippen molar-refractivity contribution in [1.82, 2.24) is 24.6 Å². The molecule has 1 aliphatic rings. The van der Waals surface area contributed by atoms with Crippen molar-refractivity contribution in [3.63, 3.8) is 0 Å². The average molecular weight is 494 g/mol. The van der Waals surface area contributed by atoms with E-state index in [0.717, 1.165) is 10.4 Å². The predicted molar refractivity (Wildman–Crippen MR) is 127 cm³/mol. The lowest BCUT2D eigenvalue weighted by Crippen LogP contribution is -2.51. The second kappa shape index (κ2) is 9.75. The molecule has 0 radical (unpaired) electrons. The smallest absolute Gasteiger partial charge is 0.293 e. The quantitative estimate of drug-likeness (QED) is 0.424. The summed E-state index contributed by atoms with van der Waals surface area (Å²) in [4.78, 5) is 34.5. The molecule has 1 aliphatic heterocycles. The molecule has 2 aromatic heterocycles. The first-order valence-corrected chi connectivity index (χ1v) is 11.9. The molecule has 178 valence electrons. The van der Waals surface area contributed by atoms with Crippen molar-refractivity contribution in [2.75, 3.05) is 26.2 Å². The Balaban J connectivity index is 1.29. The molecule has 7 nitrogen and oxygen atoms in total. The molecule has 2 aromatic carbocycles. The Kier molecular flexibility index (Phi) is 6.37. The molecule has 4 aromatic rings. The largest absolute Gasteiger partial charge is 0.339 e. The van der Waals surface area contributed by atoms with Crippen LogP contribution in [0.1, 0.15) is 16.2 Å². The van der Waals surface area contributed by atoms with Crippen LogP contribution in [0.25, 0.3) is 16.4 Å². The van der Waals surface area contributed by atoms with Gasteiger partial charge in [-0.2, -0.15) is 0 Å². The number of benzene rings is 2. The standard InChI is InChI=1S/C25H21F2N5O2S/c26-18-5-3-17(4-6-18)16-22(33)30-11-13-31(14-12-30)25(34)23-28-24(21-2-1-15-35-21)32(29-23)20-9-7-19(27)8-10-20/h1-10,15H,11-14,16H2. The van der Waals surface area contributed by atoms with Crippen LogP contribution in [0.3, 0.4) is 0 Å². The fourth-order valence-corrected chi connectivity index (χ4v) is 4.62. The summed E-state index contributed by atoms with van der Waals surface area (Å²) in [6.45, 7) is 1.49. The topological polar surface area (TPSA) is 71.3 Å². The first-order valence-electron chi connectivity index (χ1n) is 11.1. The highest BCUT2D eigenvalue weighted by molar-refractivity contribution is 7.13. The zero-order chi connectivity index (χ0) is 24.4. The van der Waals surface area contributed by atoms with Crippen LogP contribution in [0.5, 0.6) is 0 Å². The van der Waals surface area contributed by atoms with E-state index in [1.54, 1.807) is 38.7 Å². The van der Waals surface area contributed by atoms with Crippen LogP contribution in [0.15, 0.2) is 66.0 Å². The minimum absolute atomic E-state index is 0.0452. The van der Waals surface area contributed by atoms with Crippen molar-refractivity contribution < 1.29 is 18.4 Å². The molecule has 10 heteroatoms. The zero-order valence-corrected chi connectivity index (χ0v) is 19.4. The van der Waals surface area contributed by atoms with Gasteiger partial charge in [-0.05, 0) is 53.4 Å². The Morgan fingerprint density at radius 3 is 2.11 bits per heavy atom. The molecule has 1 fully saturated rings. The second-order valence-corrected chi connectivity index (χ2v) is 9.05. The highest BCUT2D eigenvalue weighted by Crippen LogP contribution is 2.26. The molecule has 0 unspecified atom stereocenters. The number of rotatable bonds is 5. The van der Waals surface area contributed by atoms with Gasteiger partial charge in [-0.15, -0.1) is 16.4 Å². The van der Waals surface area contributed by atoms with Crippen LogP contribution in [0, 0.1) is 11.6 Å². The molecule has 0 bridgehead atoms. The van der Waals surface area contributed by atoms with Gasteiger partial charge in [-0.3, -0.25) is 9.59 Å². The highest BCUT2D eigenvalue weighted by Gasteiger charge is 2.28. The van der Waals surface area contributed by atoms with Gasteiger partial charge in [0, 0.05) is 26.2 Å². The molecule has 0 saturated carbocycles. The fraction of sp³-hybridized carbons (Fsp3) is 0.200. The molecule has 0 N–H and O–H groups in total. The summed E-state index contributed by atoms with van der Waals surface area (Å²) in [7, 11) is 0. The molecular weight excluding hydrogens is 472 g/mol. The number of thiophene rings is 1. The summed E-state index contributed by atoms with van der Waals surface area (Å²) in [6.07, 6.45) is 0.183. The number of carbonyl (C=O) groups is 2. The van der Waals surface area contributed by atoms with Crippen molar-refractivity contribution >= 4 is 23.2 Å². The first kappa shape index (κ1) is 22.9. The van der Waals surface area contributed by atoms with Gasteiger partial charge >= 0.3 is 0 Å². The van der Waals surface area contributed by atoms with Gasteiger partial charge in [0.15, 0.2) is 5.82 Å². The van der Waals surface area contributed by atoms with E-state index in [1.165, 1.54) is 35.6 Å². The third-order valence-electron chi connectivity index (χ3n) is 5.80. The number of piperazine rings is 1. The van der Waals surface area contributed by atoms with Crippen LogP contribution in [0.2, 0.25) is 0 Å². The number of amides is 2. The number of halogens is 2. The van der Waals surface area contributed by atoms with Crippen LogP contribution in [-0.2, 0) is 11.2 Å². The SMILES string of the molecule is O=C(Cc1ccc(F)cc1)N1CCN(C(=O)c2nc(-c3cccs3)n(-c3ccc(F)cc3)n2)CC1. The summed E-state index contributed by atoms with van der Waals surface area (Å²) < 4.78 is 28.1. The Labute approximate surface area is 204 Å². The zero-order valence-electron chi connectivity index (χ0n) is 18.6. The van der Waals surface area contributed by atoms with Crippen LogP contribution in [-0.4, -0.2) is 62.6 Å². The summed E-state index contributed by atoms with van der Waals surface area (Å²) >= 11 is 1.47. The van der Waals surface area contributed by atoms with E-state index in [9.17, 15) is 18.4 Å². The molecule has 0 atom stereocenters. The van der Waals surface area contributed by atoms with Crippen LogP contribution in [0.4, 0.5) is 8.78 Å². The lowest BCUT2D eigenvalue weighted by Gasteiger charge is -2.34. The Morgan fingerprint density at radius 1 is 0.857 bits per heavy atom. The summed E-state index contributed by atoms with van der Waals surface area (Å²) in [6, 6.07) is 15.5. The van der Waals surface area contributed by atoms with Crippen molar-refractivity contribution in [2.24, 2.45) is 0 Å². The normalized spacial score (nSPS) is 13.8. The molecule has 0 spiro atoms. The monoisotopic (exact) mass is 493 g/mol. The van der Waals surface area contributed by atoms with Crippen LogP contribution >= 0.6 is 11.3 Å². The van der Waals surface area contributed by atoms with Crippen molar-refractivity contribution in [2.45, 2.75) is 6.42 Å². The highest BCUT2D eigenvalue weighted by atomic mass is 32.1. The summed E-state index contributed by atoms with van der Waals surface area (Å²) in [5.74, 6) is -0.552. The van der Waals surface area contributed by atoms with Gasteiger partial charge in [-0.1, -0.05) is 18.2 Å². The molecular formula is C25H21F2N5O2S. The molecule has 35 heavy (non-hydrogen) atoms. The second-order valence-electron chi connectivity index (χ2n) is 8.10. The van der Waals surface area contributed by atoms with Crippen molar-refractivity contribution in [1.29, 1.82) is 0 Å². The third kappa shape index (κ3) is 4.97. The Bertz CT molecular complexity index is 1330. The van der Waals surface area contributed by atoms with Gasteiger partial charge < -0.3 is 9.80 Å². The molecule has 1 saturated heterocycles. The first-order chi connectivity index (χ1) is 17.0. The van der Waals surface area contributed by atoms with Gasteiger partial charge in [0.05, 0.1) is 17.0 Å². The number of aromatic nitrogens is 3. The Hall–Kier alpha value is -3.92. The van der Waals surface area contributed by atoms with E-state index in [1.807, 2.05) is 17.5 Å². The molecule has 0 aliphatic carbocycles. The lowest BCUT2D eigenvalue weighted by molar-refractivity contribution is -0.131. The van der Waals surface area contributed by atoms with Crippen molar-refractivity contribution in [3.05, 3.63) is 89.1 Å².